The molecule has 1 N–H and O–H groups in total. The zero-order valence-electron chi connectivity index (χ0n) is 13.2. The van der Waals surface area contributed by atoms with Crippen molar-refractivity contribution in [3.63, 3.8) is 0 Å². The Kier molecular flexibility index (Phi) is 3.34. The predicted octanol–water partition coefficient (Wildman–Crippen LogP) is 3.06. The number of aromatic hydroxyl groups is 1. The number of hydrogen-bond acceptors (Lipinski definition) is 4. The average Bonchev–Trinajstić information content (AvgIpc) is 2.98. The molecule has 120 valence electrons. The highest BCUT2D eigenvalue weighted by molar-refractivity contribution is 5.84. The molecule has 0 radical (unpaired) electrons. The first-order chi connectivity index (χ1) is 11.7. The highest BCUT2D eigenvalue weighted by Crippen LogP contribution is 2.31. The summed E-state index contributed by atoms with van der Waals surface area (Å²) in [6, 6.07) is 12.6. The Labute approximate surface area is 138 Å². The quantitative estimate of drug-likeness (QED) is 0.788. The molecule has 4 rings (SSSR count). The predicted molar refractivity (Wildman–Crippen MR) is 93.1 cm³/mol. The van der Waals surface area contributed by atoms with Crippen molar-refractivity contribution in [2.45, 2.75) is 13.0 Å². The van der Waals surface area contributed by atoms with Crippen molar-refractivity contribution < 1.29 is 9.84 Å². The van der Waals surface area contributed by atoms with Crippen LogP contribution in [0.15, 0.2) is 47.3 Å². The molecular weight excluding hydrogens is 304 g/mol. The highest BCUT2D eigenvalue weighted by Gasteiger charge is 2.20. The van der Waals surface area contributed by atoms with E-state index in [4.69, 9.17) is 4.74 Å². The fourth-order valence-corrected chi connectivity index (χ4v) is 3.10. The third-order valence-corrected chi connectivity index (χ3v) is 4.30. The highest BCUT2D eigenvalue weighted by atomic mass is 16.5. The zero-order chi connectivity index (χ0) is 16.7. The van der Waals surface area contributed by atoms with Gasteiger partial charge in [0, 0.05) is 6.54 Å². The van der Waals surface area contributed by atoms with Gasteiger partial charge in [-0.2, -0.15) is 0 Å². The Morgan fingerprint density at radius 3 is 2.88 bits per heavy atom. The summed E-state index contributed by atoms with van der Waals surface area (Å²) in [5.74, 6) is 1.23. The number of allylic oxidation sites excluding steroid dienone is 1. The number of nitrogens with zero attached hydrogens (tertiary/aromatic N) is 2. The normalized spacial score (nSPS) is 15.0. The van der Waals surface area contributed by atoms with Crippen LogP contribution in [-0.2, 0) is 6.54 Å². The van der Waals surface area contributed by atoms with Crippen LogP contribution in [-0.4, -0.2) is 21.8 Å². The summed E-state index contributed by atoms with van der Waals surface area (Å²) in [6.45, 7) is 0.625. The largest absolute Gasteiger partial charge is 0.504 e. The number of para-hydroxylation sites is 1. The van der Waals surface area contributed by atoms with E-state index in [1.807, 2.05) is 30.3 Å². The molecule has 24 heavy (non-hydrogen) atoms. The van der Waals surface area contributed by atoms with Gasteiger partial charge >= 0.3 is 0 Å². The van der Waals surface area contributed by atoms with E-state index in [1.54, 1.807) is 22.8 Å². The van der Waals surface area contributed by atoms with Gasteiger partial charge in [0.25, 0.3) is 5.56 Å². The monoisotopic (exact) mass is 320 g/mol. The Balaban J connectivity index is 1.84. The number of fused-ring (bicyclic) bond motifs is 2. The van der Waals surface area contributed by atoms with Crippen LogP contribution in [0, 0.1) is 0 Å². The smallest absolute Gasteiger partial charge is 0.261 e. The molecule has 3 aromatic rings. The minimum atomic E-state index is -0.00317. The standard InChI is InChI=1S/C19H16N2O3/c1-24-17-7-6-12(11-16(17)22)10-13-8-9-21-18(13)20-15-5-3-2-4-14(15)19(21)23/h2-7,10-11,22H,8-9H2,1H3/b13-10+. The Morgan fingerprint density at radius 2 is 2.08 bits per heavy atom. The third kappa shape index (κ3) is 2.25. The van der Waals surface area contributed by atoms with Gasteiger partial charge in [-0.1, -0.05) is 18.2 Å². The lowest BCUT2D eigenvalue weighted by molar-refractivity contribution is 0.373. The average molecular weight is 320 g/mol. The van der Waals surface area contributed by atoms with Gasteiger partial charge in [0.1, 0.15) is 5.82 Å². The van der Waals surface area contributed by atoms with Crippen LogP contribution in [0.3, 0.4) is 0 Å². The molecule has 0 fully saturated rings. The minimum Gasteiger partial charge on any atom is -0.504 e. The molecule has 1 aliphatic rings. The first-order valence-electron chi connectivity index (χ1n) is 7.75. The molecule has 0 saturated carbocycles. The van der Waals surface area contributed by atoms with Crippen LogP contribution in [0.25, 0.3) is 22.6 Å². The maximum Gasteiger partial charge on any atom is 0.261 e. The number of aromatic nitrogens is 2. The van der Waals surface area contributed by atoms with Gasteiger partial charge in [-0.05, 0) is 47.9 Å². The van der Waals surface area contributed by atoms with Crippen molar-refractivity contribution in [2.75, 3.05) is 7.11 Å². The summed E-state index contributed by atoms with van der Waals surface area (Å²) in [5.41, 5.74) is 2.54. The fourth-order valence-electron chi connectivity index (χ4n) is 3.10. The number of phenols is 1. The SMILES string of the molecule is COc1ccc(/C=C2\CCn3c2nc2ccccc2c3=O)cc1O. The van der Waals surface area contributed by atoms with Crippen LogP contribution in [0.4, 0.5) is 0 Å². The Bertz CT molecular complexity index is 1030. The second-order valence-corrected chi connectivity index (χ2v) is 5.76. The maximum absolute atomic E-state index is 12.6. The number of phenolic OH excluding ortho intramolecular Hbond substituents is 1. The van der Waals surface area contributed by atoms with E-state index >= 15 is 0 Å². The van der Waals surface area contributed by atoms with Crippen molar-refractivity contribution >= 4 is 22.6 Å². The summed E-state index contributed by atoms with van der Waals surface area (Å²) in [5, 5.41) is 10.6. The van der Waals surface area contributed by atoms with Crippen molar-refractivity contribution in [1.82, 2.24) is 9.55 Å². The Hall–Kier alpha value is -3.08. The van der Waals surface area contributed by atoms with E-state index in [1.165, 1.54) is 7.11 Å². The second-order valence-electron chi connectivity index (χ2n) is 5.76. The van der Waals surface area contributed by atoms with Gasteiger partial charge in [0.2, 0.25) is 0 Å². The summed E-state index contributed by atoms with van der Waals surface area (Å²) < 4.78 is 6.78. The second kappa shape index (κ2) is 5.53. The third-order valence-electron chi connectivity index (χ3n) is 4.30. The van der Waals surface area contributed by atoms with Crippen LogP contribution >= 0.6 is 0 Å². The number of ether oxygens (including phenoxy) is 1. The lowest BCUT2D eigenvalue weighted by atomic mass is 10.1. The van der Waals surface area contributed by atoms with Crippen LogP contribution in [0.2, 0.25) is 0 Å². The van der Waals surface area contributed by atoms with E-state index in [-0.39, 0.29) is 11.3 Å². The number of methoxy groups -OCH3 is 1. The van der Waals surface area contributed by atoms with Gasteiger partial charge < -0.3 is 9.84 Å². The topological polar surface area (TPSA) is 64.4 Å². The molecule has 0 amide bonds. The van der Waals surface area contributed by atoms with Crippen LogP contribution in [0.5, 0.6) is 11.5 Å². The summed E-state index contributed by atoms with van der Waals surface area (Å²) in [7, 11) is 1.52. The summed E-state index contributed by atoms with van der Waals surface area (Å²) in [6.07, 6.45) is 2.70. The van der Waals surface area contributed by atoms with Crippen molar-refractivity contribution in [2.24, 2.45) is 0 Å². The number of benzene rings is 2. The van der Waals surface area contributed by atoms with Gasteiger partial charge in [0.05, 0.1) is 18.0 Å². The van der Waals surface area contributed by atoms with Crippen molar-refractivity contribution in [3.8, 4) is 11.5 Å². The van der Waals surface area contributed by atoms with Gasteiger partial charge in [-0.3, -0.25) is 9.36 Å². The van der Waals surface area contributed by atoms with Crippen LogP contribution in [0.1, 0.15) is 17.8 Å². The minimum absolute atomic E-state index is 0.00317. The molecule has 5 nitrogen and oxygen atoms in total. The van der Waals surface area contributed by atoms with Gasteiger partial charge in [0.15, 0.2) is 11.5 Å². The molecule has 1 aliphatic heterocycles. The van der Waals surface area contributed by atoms with E-state index in [0.29, 0.717) is 29.0 Å². The molecule has 0 unspecified atom stereocenters. The molecule has 2 heterocycles. The summed E-state index contributed by atoms with van der Waals surface area (Å²) in [4.78, 5) is 17.3. The molecule has 0 spiro atoms. The lowest BCUT2D eigenvalue weighted by Crippen LogP contribution is -2.20. The molecule has 0 atom stereocenters. The molecule has 2 aromatic carbocycles. The molecule has 0 bridgehead atoms. The Morgan fingerprint density at radius 1 is 1.25 bits per heavy atom. The number of rotatable bonds is 2. The fraction of sp³-hybridized carbons (Fsp3) is 0.158. The van der Waals surface area contributed by atoms with Gasteiger partial charge in [-0.25, -0.2) is 4.98 Å². The van der Waals surface area contributed by atoms with Crippen LogP contribution < -0.4 is 10.3 Å². The first-order valence-corrected chi connectivity index (χ1v) is 7.75. The summed E-state index contributed by atoms with van der Waals surface area (Å²) >= 11 is 0. The van der Waals surface area contributed by atoms with Gasteiger partial charge in [-0.15, -0.1) is 0 Å². The molecule has 1 aromatic heterocycles. The van der Waals surface area contributed by atoms with E-state index in [0.717, 1.165) is 17.6 Å². The van der Waals surface area contributed by atoms with Crippen molar-refractivity contribution in [3.05, 3.63) is 64.2 Å². The molecular formula is C19H16N2O3. The molecule has 0 aliphatic carbocycles. The van der Waals surface area contributed by atoms with E-state index in [9.17, 15) is 9.90 Å². The van der Waals surface area contributed by atoms with Crippen molar-refractivity contribution in [1.29, 1.82) is 0 Å². The molecule has 5 heteroatoms. The molecule has 0 saturated heterocycles. The lowest BCUT2D eigenvalue weighted by Gasteiger charge is -2.06. The first kappa shape index (κ1) is 14.5. The number of hydrogen-bond donors (Lipinski definition) is 1. The van der Waals surface area contributed by atoms with E-state index < -0.39 is 0 Å². The van der Waals surface area contributed by atoms with E-state index in [2.05, 4.69) is 4.98 Å². The zero-order valence-corrected chi connectivity index (χ0v) is 13.2. The maximum atomic E-state index is 12.6.